The first kappa shape index (κ1) is 41.3. The van der Waals surface area contributed by atoms with E-state index in [0.29, 0.717) is 29.8 Å². The van der Waals surface area contributed by atoms with Crippen molar-refractivity contribution in [2.45, 2.75) is 260 Å². The van der Waals surface area contributed by atoms with Gasteiger partial charge in [-0.05, 0) is 170 Å². The van der Waals surface area contributed by atoms with Crippen LogP contribution in [0.2, 0.25) is 0 Å². The number of amides is 1. The van der Waals surface area contributed by atoms with E-state index in [2.05, 4.69) is 22.5 Å². The molecule has 1 heterocycles. The predicted octanol–water partition coefficient (Wildman–Crippen LogP) is 10.9. The number of hydrogen-bond acceptors (Lipinski definition) is 6. The minimum absolute atomic E-state index is 0.110. The standard InChI is InChI=1S/C50H85N5O2/c1-33-16-25-38(26-17-33)53-54-48-46-36(24-31-43-42-14-8-9-15-45(42)52-47(43)46)32-44(49(48)56)50(57)51-37-27-20-34(21-28-37)18-19-35-22-29-41(30-23-35)55(39-10-4-2-5-11-39)40-12-6-3-7-13-40/h33-49,52,56H,2-32H2,1H3,(H,51,57). The van der Waals surface area contributed by atoms with Crippen LogP contribution in [0.1, 0.15) is 206 Å². The van der Waals surface area contributed by atoms with Crippen molar-refractivity contribution in [3.63, 3.8) is 0 Å². The molecule has 322 valence electrons. The van der Waals surface area contributed by atoms with Crippen molar-refractivity contribution >= 4 is 5.91 Å². The fraction of sp³-hybridized carbons (Fsp3) is 0.980. The van der Waals surface area contributed by atoms with Crippen LogP contribution in [0.25, 0.3) is 0 Å². The lowest BCUT2D eigenvalue weighted by Gasteiger charge is -2.50. The summed E-state index contributed by atoms with van der Waals surface area (Å²) in [5.74, 6) is 4.53. The molecule has 0 bridgehead atoms. The van der Waals surface area contributed by atoms with Gasteiger partial charge in [0.15, 0.2) is 0 Å². The van der Waals surface area contributed by atoms with Gasteiger partial charge in [-0.1, -0.05) is 71.1 Å². The number of aliphatic hydroxyl groups is 1. The predicted molar refractivity (Wildman–Crippen MR) is 231 cm³/mol. The molecule has 9 fully saturated rings. The van der Waals surface area contributed by atoms with Crippen LogP contribution in [0, 0.1) is 47.3 Å². The van der Waals surface area contributed by atoms with Gasteiger partial charge in [0.05, 0.1) is 18.1 Å². The minimum Gasteiger partial charge on any atom is -0.390 e. The van der Waals surface area contributed by atoms with Crippen LogP contribution in [0.15, 0.2) is 10.2 Å². The Morgan fingerprint density at radius 3 is 1.89 bits per heavy atom. The Balaban J connectivity index is 0.758. The average molecular weight is 788 g/mol. The minimum atomic E-state index is -0.732. The van der Waals surface area contributed by atoms with Gasteiger partial charge in [0.25, 0.3) is 0 Å². The van der Waals surface area contributed by atoms with E-state index in [-0.39, 0.29) is 30.0 Å². The van der Waals surface area contributed by atoms with Crippen LogP contribution in [0.3, 0.4) is 0 Å². The lowest BCUT2D eigenvalue weighted by atomic mass is 9.58. The van der Waals surface area contributed by atoms with Crippen LogP contribution >= 0.6 is 0 Å². The van der Waals surface area contributed by atoms with Crippen molar-refractivity contribution in [1.82, 2.24) is 15.5 Å². The summed E-state index contributed by atoms with van der Waals surface area (Å²) >= 11 is 0. The quantitative estimate of drug-likeness (QED) is 0.192. The van der Waals surface area contributed by atoms with Crippen molar-refractivity contribution in [2.24, 2.45) is 57.6 Å². The van der Waals surface area contributed by atoms with Crippen LogP contribution < -0.4 is 10.6 Å². The molecular weight excluding hydrogens is 703 g/mol. The number of rotatable bonds is 10. The summed E-state index contributed by atoms with van der Waals surface area (Å²) in [6.45, 7) is 2.36. The van der Waals surface area contributed by atoms with E-state index in [0.717, 1.165) is 73.9 Å². The first-order chi connectivity index (χ1) is 28.0. The first-order valence-corrected chi connectivity index (χ1v) is 25.9. The molecule has 0 aromatic rings. The zero-order valence-electron chi connectivity index (χ0n) is 36.4. The van der Waals surface area contributed by atoms with E-state index in [1.165, 1.54) is 167 Å². The Labute approximate surface area is 348 Å². The molecule has 7 heteroatoms. The molecule has 9 aliphatic rings. The molecule has 8 aliphatic carbocycles. The molecule has 0 aromatic carbocycles. The van der Waals surface area contributed by atoms with Gasteiger partial charge in [-0.25, -0.2) is 0 Å². The lowest BCUT2D eigenvalue weighted by Crippen LogP contribution is -2.59. The lowest BCUT2D eigenvalue weighted by molar-refractivity contribution is -0.136. The van der Waals surface area contributed by atoms with E-state index in [1.54, 1.807) is 0 Å². The number of aliphatic hydroxyl groups excluding tert-OH is 1. The third-order valence-corrected chi connectivity index (χ3v) is 18.9. The van der Waals surface area contributed by atoms with Crippen molar-refractivity contribution in [3.05, 3.63) is 0 Å². The number of carbonyl (C=O) groups is 1. The Morgan fingerprint density at radius 2 is 1.23 bits per heavy atom. The van der Waals surface area contributed by atoms with E-state index in [1.807, 2.05) is 0 Å². The summed E-state index contributed by atoms with van der Waals surface area (Å²) < 4.78 is 0. The highest BCUT2D eigenvalue weighted by molar-refractivity contribution is 5.80. The summed E-state index contributed by atoms with van der Waals surface area (Å²) in [7, 11) is 0. The van der Waals surface area contributed by atoms with Crippen LogP contribution in [0.5, 0.6) is 0 Å². The molecule has 0 spiro atoms. The largest absolute Gasteiger partial charge is 0.390 e. The fourth-order valence-electron chi connectivity index (χ4n) is 15.6. The van der Waals surface area contributed by atoms with Crippen LogP contribution in [-0.4, -0.2) is 70.4 Å². The van der Waals surface area contributed by atoms with Gasteiger partial charge in [0.2, 0.25) is 5.91 Å². The monoisotopic (exact) mass is 788 g/mol. The average Bonchev–Trinajstić information content (AvgIpc) is 3.64. The maximum Gasteiger partial charge on any atom is 0.226 e. The fourth-order valence-corrected chi connectivity index (χ4v) is 15.6. The number of nitrogens with one attached hydrogen (secondary N) is 2. The molecule has 7 nitrogen and oxygen atoms in total. The zero-order chi connectivity index (χ0) is 38.7. The van der Waals surface area contributed by atoms with E-state index in [9.17, 15) is 9.90 Å². The molecule has 0 aromatic heterocycles. The Kier molecular flexibility index (Phi) is 14.0. The van der Waals surface area contributed by atoms with Gasteiger partial charge in [0, 0.05) is 42.2 Å². The summed E-state index contributed by atoms with van der Waals surface area (Å²) in [5, 5.41) is 30.0. The molecule has 9 unspecified atom stereocenters. The van der Waals surface area contributed by atoms with Crippen LogP contribution in [0.4, 0.5) is 0 Å². The van der Waals surface area contributed by atoms with Crippen molar-refractivity contribution in [1.29, 1.82) is 0 Å². The molecule has 8 saturated carbocycles. The van der Waals surface area contributed by atoms with Crippen molar-refractivity contribution in [3.8, 4) is 0 Å². The maximum absolute atomic E-state index is 14.2. The van der Waals surface area contributed by atoms with E-state index >= 15 is 0 Å². The number of nitrogens with zero attached hydrogens (tertiary/aromatic N) is 3. The SMILES string of the molecule is CC1CCC(N=NC2C(O)C(C(=O)NC3CCC(CCC4CCC(N(C5CCCCC5)C5CCCCC5)CC4)CC3)CC3CCC4C5CCCCC5NC4C32)CC1. The van der Waals surface area contributed by atoms with Gasteiger partial charge < -0.3 is 15.7 Å². The van der Waals surface area contributed by atoms with Crippen LogP contribution in [-0.2, 0) is 4.79 Å². The number of azo groups is 1. The first-order valence-electron chi connectivity index (χ1n) is 25.9. The van der Waals surface area contributed by atoms with Gasteiger partial charge in [-0.15, -0.1) is 0 Å². The summed E-state index contributed by atoms with van der Waals surface area (Å²) in [6.07, 6.45) is 40.6. The molecule has 9 rings (SSSR count). The second-order valence-electron chi connectivity index (χ2n) is 22.3. The van der Waals surface area contributed by atoms with Crippen molar-refractivity contribution in [2.75, 3.05) is 0 Å². The summed E-state index contributed by atoms with van der Waals surface area (Å²) in [5.41, 5.74) is 0. The summed E-state index contributed by atoms with van der Waals surface area (Å²) in [4.78, 5) is 17.3. The van der Waals surface area contributed by atoms with Gasteiger partial charge >= 0.3 is 0 Å². The molecule has 57 heavy (non-hydrogen) atoms. The molecule has 0 radical (unpaired) electrons. The highest BCUT2D eigenvalue weighted by Gasteiger charge is 2.57. The van der Waals surface area contributed by atoms with Gasteiger partial charge in [-0.2, -0.15) is 10.2 Å². The molecule has 9 atom stereocenters. The second kappa shape index (κ2) is 19.3. The maximum atomic E-state index is 14.2. The Bertz CT molecular complexity index is 1270. The van der Waals surface area contributed by atoms with E-state index < -0.39 is 6.10 Å². The van der Waals surface area contributed by atoms with Crippen molar-refractivity contribution < 1.29 is 9.90 Å². The second-order valence-corrected chi connectivity index (χ2v) is 22.3. The highest BCUT2D eigenvalue weighted by Crippen LogP contribution is 2.53. The summed E-state index contributed by atoms with van der Waals surface area (Å²) in [6, 6.07) is 3.98. The molecule has 1 saturated heterocycles. The number of hydrogen-bond donors (Lipinski definition) is 3. The molecule has 1 aliphatic heterocycles. The third-order valence-electron chi connectivity index (χ3n) is 18.9. The van der Waals surface area contributed by atoms with Gasteiger partial charge in [-0.3, -0.25) is 9.69 Å². The molecule has 3 N–H and O–H groups in total. The van der Waals surface area contributed by atoms with E-state index in [4.69, 9.17) is 10.2 Å². The van der Waals surface area contributed by atoms with Gasteiger partial charge in [0.1, 0.15) is 6.04 Å². The number of carbonyl (C=O) groups excluding carboxylic acids is 1. The zero-order valence-corrected chi connectivity index (χ0v) is 36.4. The Hall–Kier alpha value is -1.05. The molecular formula is C50H85N5O2. The topological polar surface area (TPSA) is 89.3 Å². The molecule has 1 amide bonds. The smallest absolute Gasteiger partial charge is 0.226 e. The number of fused-ring (bicyclic) bond motifs is 5. The highest BCUT2D eigenvalue weighted by atomic mass is 16.3. The normalized spacial score (nSPS) is 45.0. The Morgan fingerprint density at radius 1 is 0.632 bits per heavy atom. The third kappa shape index (κ3) is 9.56.